The van der Waals surface area contributed by atoms with Gasteiger partial charge in [0.05, 0.1) is 0 Å². The quantitative estimate of drug-likeness (QED) is 0.144. The number of phosphoric acid groups is 1. The Morgan fingerprint density at radius 3 is 1.26 bits per heavy atom. The third-order valence-electron chi connectivity index (χ3n) is 8.88. The van der Waals surface area contributed by atoms with Crippen LogP contribution < -0.4 is 9.05 Å². The van der Waals surface area contributed by atoms with E-state index in [-0.39, 0.29) is 29.3 Å². The van der Waals surface area contributed by atoms with E-state index >= 15 is 0 Å². The number of para-hydroxylation sites is 1. The molecule has 236 valence electrons. The molecule has 4 unspecified atom stereocenters. The van der Waals surface area contributed by atoms with Crippen LogP contribution in [-0.2, 0) is 4.57 Å². The molecule has 1 N–H and O–H groups in total. The van der Waals surface area contributed by atoms with Gasteiger partial charge in [-0.05, 0) is 68.8 Å². The van der Waals surface area contributed by atoms with Crippen molar-refractivity contribution in [1.82, 2.24) is 0 Å². The third kappa shape index (κ3) is 7.58. The standard InChI is InChI=1S/C42H39O4P/c1-30(33-16-8-4-9-17-33)37-28-40(31(2)34-18-10-5-11-19-34)42(41(29-37)32(3)35-20-12-6-13-21-35)36-24-26-39(27-25-36)46-47(43,44)45-38-22-14-7-15-23-38/h4-32H,1-3H3,(H,43,44). The molecule has 0 saturated carbocycles. The first-order valence-electron chi connectivity index (χ1n) is 16.0. The van der Waals surface area contributed by atoms with E-state index < -0.39 is 7.82 Å². The molecule has 0 bridgehead atoms. The SMILES string of the molecule is CC(c1ccccc1)c1cc(C(C)c2ccccc2)c(-c2ccc(OP(=O)(O)Oc3ccccc3)cc2)c(C(C)c2ccccc2)c1. The zero-order valence-corrected chi connectivity index (χ0v) is 27.8. The lowest BCUT2D eigenvalue weighted by molar-refractivity contribution is 0.291. The Balaban J connectivity index is 1.48. The summed E-state index contributed by atoms with van der Waals surface area (Å²) in [7, 11) is -4.40. The monoisotopic (exact) mass is 638 g/mol. The molecule has 0 fully saturated rings. The maximum Gasteiger partial charge on any atom is 0.584 e. The third-order valence-corrected chi connectivity index (χ3v) is 9.76. The number of benzene rings is 6. The number of phosphoric ester groups is 1. The molecule has 0 saturated heterocycles. The molecule has 0 aliphatic heterocycles. The van der Waals surface area contributed by atoms with Crippen molar-refractivity contribution in [3.05, 3.63) is 191 Å². The Kier molecular flexibility index (Phi) is 9.73. The smallest absolute Gasteiger partial charge is 0.395 e. The van der Waals surface area contributed by atoms with Crippen LogP contribution in [0.4, 0.5) is 0 Å². The molecular weight excluding hydrogens is 599 g/mol. The van der Waals surface area contributed by atoms with Crippen molar-refractivity contribution >= 4 is 7.82 Å². The van der Waals surface area contributed by atoms with Gasteiger partial charge in [0.15, 0.2) is 0 Å². The number of hydrogen-bond donors (Lipinski definition) is 1. The fourth-order valence-electron chi connectivity index (χ4n) is 6.20. The lowest BCUT2D eigenvalue weighted by Crippen LogP contribution is -2.09. The topological polar surface area (TPSA) is 55.8 Å². The predicted octanol–water partition coefficient (Wildman–Crippen LogP) is 11.4. The van der Waals surface area contributed by atoms with Crippen LogP contribution in [0.25, 0.3) is 11.1 Å². The Hall–Kier alpha value is -4.89. The summed E-state index contributed by atoms with van der Waals surface area (Å²) < 4.78 is 23.6. The highest BCUT2D eigenvalue weighted by molar-refractivity contribution is 7.48. The summed E-state index contributed by atoms with van der Waals surface area (Å²) in [6.45, 7) is 6.81. The minimum Gasteiger partial charge on any atom is -0.395 e. The van der Waals surface area contributed by atoms with Crippen molar-refractivity contribution in [2.24, 2.45) is 0 Å². The summed E-state index contributed by atoms with van der Waals surface area (Å²) in [4.78, 5) is 10.5. The van der Waals surface area contributed by atoms with Gasteiger partial charge >= 0.3 is 7.82 Å². The summed E-state index contributed by atoms with van der Waals surface area (Å²) in [5.41, 5.74) is 9.60. The molecule has 4 nitrogen and oxygen atoms in total. The molecule has 4 atom stereocenters. The van der Waals surface area contributed by atoms with E-state index in [4.69, 9.17) is 9.05 Å². The summed E-state index contributed by atoms with van der Waals surface area (Å²) in [5.74, 6) is 0.902. The molecule has 0 spiro atoms. The van der Waals surface area contributed by atoms with Crippen LogP contribution in [-0.4, -0.2) is 4.89 Å². The average Bonchev–Trinajstić information content (AvgIpc) is 3.11. The second-order valence-corrected chi connectivity index (χ2v) is 13.3. The maximum atomic E-state index is 12.8. The van der Waals surface area contributed by atoms with E-state index in [0.29, 0.717) is 0 Å². The fourth-order valence-corrected chi connectivity index (χ4v) is 7.02. The van der Waals surface area contributed by atoms with E-state index in [2.05, 4.69) is 112 Å². The van der Waals surface area contributed by atoms with Gasteiger partial charge < -0.3 is 9.05 Å². The van der Waals surface area contributed by atoms with Crippen molar-refractivity contribution in [3.63, 3.8) is 0 Å². The molecular formula is C42H39O4P. The molecule has 0 aromatic heterocycles. The number of rotatable bonds is 11. The van der Waals surface area contributed by atoms with Gasteiger partial charge in [0.25, 0.3) is 0 Å². The molecule has 47 heavy (non-hydrogen) atoms. The first kappa shape index (κ1) is 32.1. The predicted molar refractivity (Wildman–Crippen MR) is 191 cm³/mol. The Morgan fingerprint density at radius 2 is 0.830 bits per heavy atom. The molecule has 5 heteroatoms. The van der Waals surface area contributed by atoms with Crippen LogP contribution in [0, 0.1) is 0 Å². The molecule has 6 aromatic rings. The van der Waals surface area contributed by atoms with E-state index in [1.165, 1.54) is 33.4 Å². The van der Waals surface area contributed by atoms with Gasteiger partial charge in [-0.3, -0.25) is 4.89 Å². The summed E-state index contributed by atoms with van der Waals surface area (Å²) in [6, 6.07) is 52.5. The van der Waals surface area contributed by atoms with Crippen molar-refractivity contribution < 1.29 is 18.5 Å². The molecule has 0 amide bonds. The zero-order chi connectivity index (χ0) is 32.8. The van der Waals surface area contributed by atoms with Gasteiger partial charge in [0.1, 0.15) is 11.5 Å². The zero-order valence-electron chi connectivity index (χ0n) is 26.9. The highest BCUT2D eigenvalue weighted by atomic mass is 31.2. The first-order chi connectivity index (χ1) is 22.8. The van der Waals surface area contributed by atoms with Crippen LogP contribution >= 0.6 is 7.82 Å². The van der Waals surface area contributed by atoms with Crippen molar-refractivity contribution in [2.75, 3.05) is 0 Å². The minimum atomic E-state index is -4.40. The second-order valence-electron chi connectivity index (χ2n) is 12.0. The van der Waals surface area contributed by atoms with Gasteiger partial charge in [0.2, 0.25) is 0 Å². The number of hydrogen-bond acceptors (Lipinski definition) is 3. The Morgan fingerprint density at radius 1 is 0.468 bits per heavy atom. The normalized spacial score (nSPS) is 14.4. The minimum absolute atomic E-state index is 0.101. The Labute approximate surface area is 277 Å². The van der Waals surface area contributed by atoms with Gasteiger partial charge in [0, 0.05) is 17.8 Å². The van der Waals surface area contributed by atoms with Gasteiger partial charge in [-0.2, -0.15) is 0 Å². The van der Waals surface area contributed by atoms with Gasteiger partial charge in [-0.25, -0.2) is 4.57 Å². The van der Waals surface area contributed by atoms with E-state index in [0.717, 1.165) is 11.1 Å². The summed E-state index contributed by atoms with van der Waals surface area (Å²) >= 11 is 0. The molecule has 0 radical (unpaired) electrons. The lowest BCUT2D eigenvalue weighted by atomic mass is 9.77. The van der Waals surface area contributed by atoms with Gasteiger partial charge in [-0.15, -0.1) is 0 Å². The van der Waals surface area contributed by atoms with Crippen LogP contribution in [0.5, 0.6) is 11.5 Å². The molecule has 6 aromatic carbocycles. The molecule has 0 aliphatic carbocycles. The van der Waals surface area contributed by atoms with E-state index in [1.807, 2.05) is 30.3 Å². The average molecular weight is 639 g/mol. The molecule has 0 heterocycles. The molecule has 6 rings (SSSR count). The summed E-state index contributed by atoms with van der Waals surface area (Å²) in [5, 5.41) is 0. The van der Waals surface area contributed by atoms with Crippen LogP contribution in [0.1, 0.15) is 71.9 Å². The highest BCUT2D eigenvalue weighted by Crippen LogP contribution is 2.46. The van der Waals surface area contributed by atoms with Crippen molar-refractivity contribution in [1.29, 1.82) is 0 Å². The summed E-state index contributed by atoms with van der Waals surface area (Å²) in [6.07, 6.45) is 0. The van der Waals surface area contributed by atoms with E-state index in [1.54, 1.807) is 36.4 Å². The Bertz CT molecular complexity index is 1880. The van der Waals surface area contributed by atoms with Gasteiger partial charge in [-0.1, -0.05) is 154 Å². The van der Waals surface area contributed by atoms with Crippen LogP contribution in [0.15, 0.2) is 158 Å². The fraction of sp³-hybridized carbons (Fsp3) is 0.143. The lowest BCUT2D eigenvalue weighted by Gasteiger charge is -2.27. The van der Waals surface area contributed by atoms with Crippen LogP contribution in [0.3, 0.4) is 0 Å². The van der Waals surface area contributed by atoms with Crippen LogP contribution in [0.2, 0.25) is 0 Å². The van der Waals surface area contributed by atoms with Crippen molar-refractivity contribution in [3.8, 4) is 22.6 Å². The highest BCUT2D eigenvalue weighted by Gasteiger charge is 2.27. The van der Waals surface area contributed by atoms with E-state index in [9.17, 15) is 9.46 Å². The largest absolute Gasteiger partial charge is 0.584 e. The molecule has 0 aliphatic rings. The van der Waals surface area contributed by atoms with Crippen molar-refractivity contribution in [2.45, 2.75) is 38.5 Å². The second kappa shape index (κ2) is 14.3. The first-order valence-corrected chi connectivity index (χ1v) is 17.5. The maximum absolute atomic E-state index is 12.8.